The first kappa shape index (κ1) is 25.8. The Morgan fingerprint density at radius 1 is 0.743 bits per heavy atom. The van der Waals surface area contributed by atoms with Gasteiger partial charge in [-0.2, -0.15) is 0 Å². The van der Waals surface area contributed by atoms with Crippen molar-refractivity contribution in [2.45, 2.75) is 10.6 Å². The standard InChI is InChI=1S/C26H29NO7S/c1-30-22-13-18(10-9-17-11-24(32-3)26(34-5)25(12-17)33-4)19(14-23(22)31-2)16-35(28,29)21-8-6-7-20(27)15-21/h6-15H,16,27H2,1-5H3/b10-9-. The van der Waals surface area contributed by atoms with E-state index in [-0.39, 0.29) is 10.6 Å². The molecule has 0 aliphatic heterocycles. The van der Waals surface area contributed by atoms with Crippen LogP contribution in [0, 0.1) is 0 Å². The van der Waals surface area contributed by atoms with Crippen LogP contribution < -0.4 is 29.4 Å². The van der Waals surface area contributed by atoms with E-state index in [4.69, 9.17) is 29.4 Å². The molecule has 0 spiro atoms. The van der Waals surface area contributed by atoms with E-state index >= 15 is 0 Å². The summed E-state index contributed by atoms with van der Waals surface area (Å²) in [5, 5.41) is 0. The summed E-state index contributed by atoms with van der Waals surface area (Å²) in [6.45, 7) is 0. The number of hydrogen-bond acceptors (Lipinski definition) is 8. The average Bonchev–Trinajstić information content (AvgIpc) is 2.86. The van der Waals surface area contributed by atoms with Gasteiger partial charge in [0.25, 0.3) is 0 Å². The molecule has 3 aromatic rings. The first-order valence-corrected chi connectivity index (χ1v) is 12.2. The van der Waals surface area contributed by atoms with Crippen molar-refractivity contribution in [3.8, 4) is 28.7 Å². The van der Waals surface area contributed by atoms with Crippen molar-refractivity contribution in [3.63, 3.8) is 0 Å². The van der Waals surface area contributed by atoms with Crippen molar-refractivity contribution >= 4 is 27.7 Å². The van der Waals surface area contributed by atoms with Gasteiger partial charge < -0.3 is 29.4 Å². The molecule has 3 rings (SSSR count). The van der Waals surface area contributed by atoms with Crippen molar-refractivity contribution in [2.75, 3.05) is 41.3 Å². The summed E-state index contributed by atoms with van der Waals surface area (Å²) in [4.78, 5) is 0.145. The zero-order valence-corrected chi connectivity index (χ0v) is 21.1. The Labute approximate surface area is 205 Å². The molecule has 0 unspecified atom stereocenters. The van der Waals surface area contributed by atoms with Crippen molar-refractivity contribution in [1.29, 1.82) is 0 Å². The van der Waals surface area contributed by atoms with Crippen molar-refractivity contribution < 1.29 is 32.1 Å². The Morgan fingerprint density at radius 2 is 1.34 bits per heavy atom. The Balaban J connectivity index is 2.09. The molecule has 0 amide bonds. The monoisotopic (exact) mass is 499 g/mol. The third-order valence-electron chi connectivity index (χ3n) is 5.35. The highest BCUT2D eigenvalue weighted by Gasteiger charge is 2.20. The first-order chi connectivity index (χ1) is 16.8. The Morgan fingerprint density at radius 3 is 1.89 bits per heavy atom. The number of anilines is 1. The van der Waals surface area contributed by atoms with E-state index in [1.54, 1.807) is 56.7 Å². The highest BCUT2D eigenvalue weighted by molar-refractivity contribution is 7.90. The molecule has 0 atom stereocenters. The van der Waals surface area contributed by atoms with Crippen LogP contribution >= 0.6 is 0 Å². The molecule has 2 N–H and O–H groups in total. The molecule has 35 heavy (non-hydrogen) atoms. The fourth-order valence-electron chi connectivity index (χ4n) is 3.60. The van der Waals surface area contributed by atoms with Crippen molar-refractivity contribution in [3.05, 3.63) is 65.2 Å². The average molecular weight is 500 g/mol. The van der Waals surface area contributed by atoms with Crippen molar-refractivity contribution in [2.24, 2.45) is 0 Å². The smallest absolute Gasteiger partial charge is 0.203 e. The molecule has 0 aliphatic rings. The van der Waals surface area contributed by atoms with E-state index in [0.29, 0.717) is 45.6 Å². The highest BCUT2D eigenvalue weighted by Crippen LogP contribution is 2.39. The summed E-state index contributed by atoms with van der Waals surface area (Å²) in [5.41, 5.74) is 8.12. The number of hydrogen-bond donors (Lipinski definition) is 1. The lowest BCUT2D eigenvalue weighted by Gasteiger charge is -2.14. The van der Waals surface area contributed by atoms with Crippen LogP contribution in [-0.2, 0) is 15.6 Å². The summed E-state index contributed by atoms with van der Waals surface area (Å²) in [5.74, 6) is 2.13. The number of rotatable bonds is 10. The van der Waals surface area contributed by atoms with E-state index < -0.39 is 9.84 Å². The maximum Gasteiger partial charge on any atom is 0.203 e. The lowest BCUT2D eigenvalue weighted by atomic mass is 10.1. The van der Waals surface area contributed by atoms with Crippen LogP contribution in [0.25, 0.3) is 12.2 Å². The molecule has 0 aromatic heterocycles. The number of nitrogen functional groups attached to an aromatic ring is 1. The van der Waals surface area contributed by atoms with E-state index in [0.717, 1.165) is 5.56 Å². The number of methoxy groups -OCH3 is 5. The van der Waals surface area contributed by atoms with Gasteiger partial charge in [-0.25, -0.2) is 8.42 Å². The Hall–Kier alpha value is -3.85. The zero-order valence-electron chi connectivity index (χ0n) is 20.3. The normalized spacial score (nSPS) is 11.3. The predicted molar refractivity (Wildman–Crippen MR) is 136 cm³/mol. The van der Waals surface area contributed by atoms with Crippen molar-refractivity contribution in [1.82, 2.24) is 0 Å². The van der Waals surface area contributed by atoms with Gasteiger partial charge in [0.15, 0.2) is 32.8 Å². The van der Waals surface area contributed by atoms with Gasteiger partial charge in [0.05, 0.1) is 46.2 Å². The molecule has 0 aliphatic carbocycles. The molecule has 0 radical (unpaired) electrons. The van der Waals surface area contributed by atoms with Crippen LogP contribution in [0.1, 0.15) is 16.7 Å². The molecule has 0 bridgehead atoms. The summed E-state index contributed by atoms with van der Waals surface area (Å²) < 4.78 is 53.4. The molecule has 0 fully saturated rings. The number of nitrogens with two attached hydrogens (primary N) is 1. The second-order valence-electron chi connectivity index (χ2n) is 7.53. The van der Waals surface area contributed by atoms with E-state index in [2.05, 4.69) is 0 Å². The van der Waals surface area contributed by atoms with E-state index in [1.807, 2.05) is 6.08 Å². The Bertz CT molecular complexity index is 1310. The molecule has 9 heteroatoms. The van der Waals surface area contributed by atoms with Gasteiger partial charge in [-0.3, -0.25) is 0 Å². The predicted octanol–water partition coefficient (Wildman–Crippen LogP) is 4.46. The molecular formula is C26H29NO7S. The topological polar surface area (TPSA) is 106 Å². The summed E-state index contributed by atoms with van der Waals surface area (Å²) in [7, 11) is 3.95. The minimum absolute atomic E-state index is 0.145. The lowest BCUT2D eigenvalue weighted by molar-refractivity contribution is 0.324. The van der Waals surface area contributed by atoms with E-state index in [9.17, 15) is 8.42 Å². The molecule has 0 saturated carbocycles. The fraction of sp³-hybridized carbons (Fsp3) is 0.231. The number of sulfone groups is 1. The molecule has 8 nitrogen and oxygen atoms in total. The van der Waals surface area contributed by atoms with Gasteiger partial charge in [0.2, 0.25) is 5.75 Å². The quantitative estimate of drug-likeness (QED) is 0.322. The number of benzene rings is 3. The maximum atomic E-state index is 13.2. The van der Waals surface area contributed by atoms with Gasteiger partial charge in [-0.05, 0) is 59.2 Å². The summed E-state index contributed by atoms with van der Waals surface area (Å²) >= 11 is 0. The SMILES string of the molecule is COc1cc(/C=C\c2cc(OC)c(OC)c(OC)c2)c(CS(=O)(=O)c2cccc(N)c2)cc1OC. The van der Waals surface area contributed by atoms with Gasteiger partial charge >= 0.3 is 0 Å². The van der Waals surface area contributed by atoms with Crippen LogP contribution in [0.4, 0.5) is 5.69 Å². The van der Waals surface area contributed by atoms with Crippen LogP contribution in [0.3, 0.4) is 0 Å². The van der Waals surface area contributed by atoms with Gasteiger partial charge in [0.1, 0.15) is 0 Å². The van der Waals surface area contributed by atoms with Crippen LogP contribution in [0.2, 0.25) is 0 Å². The van der Waals surface area contributed by atoms with Crippen LogP contribution in [0.5, 0.6) is 28.7 Å². The molecule has 186 valence electrons. The highest BCUT2D eigenvalue weighted by atomic mass is 32.2. The number of ether oxygens (including phenoxy) is 5. The first-order valence-electron chi connectivity index (χ1n) is 10.6. The van der Waals surface area contributed by atoms with E-state index in [1.165, 1.54) is 33.5 Å². The van der Waals surface area contributed by atoms with Gasteiger partial charge in [-0.1, -0.05) is 18.2 Å². The van der Waals surface area contributed by atoms with Crippen LogP contribution in [-0.4, -0.2) is 44.0 Å². The third kappa shape index (κ3) is 5.81. The minimum Gasteiger partial charge on any atom is -0.493 e. The molecule has 0 saturated heterocycles. The van der Waals surface area contributed by atoms with Gasteiger partial charge in [0, 0.05) is 5.69 Å². The molecular weight excluding hydrogens is 470 g/mol. The summed E-state index contributed by atoms with van der Waals surface area (Å²) in [6.07, 6.45) is 3.62. The largest absolute Gasteiger partial charge is 0.493 e. The maximum absolute atomic E-state index is 13.2. The third-order valence-corrected chi connectivity index (χ3v) is 7.01. The minimum atomic E-state index is -3.68. The zero-order chi connectivity index (χ0) is 25.6. The lowest BCUT2D eigenvalue weighted by Crippen LogP contribution is -2.07. The Kier molecular flexibility index (Phi) is 8.14. The second-order valence-corrected chi connectivity index (χ2v) is 9.52. The molecule has 3 aromatic carbocycles. The van der Waals surface area contributed by atoms with Crippen LogP contribution in [0.15, 0.2) is 53.4 Å². The van der Waals surface area contributed by atoms with Gasteiger partial charge in [-0.15, -0.1) is 0 Å². The fourth-order valence-corrected chi connectivity index (χ4v) is 5.02. The second kappa shape index (κ2) is 11.1. The molecule has 0 heterocycles. The summed E-state index contributed by atoms with van der Waals surface area (Å²) in [6, 6.07) is 13.2.